The fourth-order valence-corrected chi connectivity index (χ4v) is 8.47. The van der Waals surface area contributed by atoms with Crippen molar-refractivity contribution in [3.05, 3.63) is 61.2 Å². The number of alkyl halides is 1. The second kappa shape index (κ2) is 11.7. The largest absolute Gasteiger partial charge is 0.461 e. The van der Waals surface area contributed by atoms with Crippen LogP contribution in [0.15, 0.2) is 55.6 Å². The highest BCUT2D eigenvalue weighted by atomic mass is 79.9. The number of ether oxygens (including phenoxy) is 2. The molecule has 0 radical (unpaired) electrons. The Morgan fingerprint density at radius 3 is 2.44 bits per heavy atom. The quantitative estimate of drug-likeness (QED) is 0.221. The van der Waals surface area contributed by atoms with Gasteiger partial charge in [0.1, 0.15) is 18.2 Å². The zero-order valence-corrected chi connectivity index (χ0v) is 26.3. The number of halogens is 1. The molecule has 1 N–H and O–H groups in total. The molecule has 2 amide bonds. The zero-order valence-electron chi connectivity index (χ0n) is 24.7. The van der Waals surface area contributed by atoms with Gasteiger partial charge >= 0.3 is 5.97 Å². The van der Waals surface area contributed by atoms with Crippen molar-refractivity contribution >= 4 is 33.7 Å². The zero-order chi connectivity index (χ0) is 30.3. The molecule has 9 heteroatoms. The summed E-state index contributed by atoms with van der Waals surface area (Å²) in [5.41, 5.74) is -1.26. The minimum Gasteiger partial charge on any atom is -0.461 e. The maximum Gasteiger partial charge on any atom is 0.312 e. The Balaban J connectivity index is 1.88. The van der Waals surface area contributed by atoms with Gasteiger partial charge in [0.25, 0.3) is 0 Å². The van der Waals surface area contributed by atoms with Gasteiger partial charge in [0, 0.05) is 16.9 Å². The number of aliphatic hydroxyl groups is 1. The number of fused-ring (bicyclic) bond motifs is 1. The third kappa shape index (κ3) is 5.53. The standard InChI is InChI=1S/C32H43BrN2O6/c1-8-15-34(31(6,7)19-30(3,4)5)28(38)26-32-17-21(33)25(41-32)23(29(39)40-16-9-2)24(32)27(37)35(26)22(18-36)20-13-11-10-12-14-20/h8-14,21-26,36H,1-2,15-19H2,3-7H3/t21?,22-,23-,24+,25-,26?,32?/m1/s1. The maximum atomic E-state index is 14.9. The number of amides is 2. The van der Waals surface area contributed by atoms with Gasteiger partial charge in [-0.15, -0.1) is 6.58 Å². The van der Waals surface area contributed by atoms with Crippen LogP contribution in [0.4, 0.5) is 0 Å². The first kappa shape index (κ1) is 31.4. The van der Waals surface area contributed by atoms with Crippen LogP contribution in [-0.4, -0.2) is 80.6 Å². The summed E-state index contributed by atoms with van der Waals surface area (Å²) in [6.07, 6.45) is 3.60. The molecule has 0 saturated carbocycles. The van der Waals surface area contributed by atoms with Crippen molar-refractivity contribution in [2.75, 3.05) is 19.8 Å². The molecular weight excluding hydrogens is 588 g/mol. The molecule has 4 rings (SSSR count). The fraction of sp³-hybridized carbons (Fsp3) is 0.594. The van der Waals surface area contributed by atoms with E-state index in [1.54, 1.807) is 11.0 Å². The van der Waals surface area contributed by atoms with Gasteiger partial charge in [-0.25, -0.2) is 0 Å². The molecule has 224 valence electrons. The number of esters is 1. The maximum absolute atomic E-state index is 14.9. The highest BCUT2D eigenvalue weighted by Crippen LogP contribution is 2.61. The molecule has 3 aliphatic heterocycles. The average molecular weight is 632 g/mol. The molecule has 0 aromatic heterocycles. The first-order chi connectivity index (χ1) is 19.2. The number of nitrogens with zero attached hydrogens (tertiary/aromatic N) is 2. The Kier molecular flexibility index (Phi) is 8.94. The summed E-state index contributed by atoms with van der Waals surface area (Å²) in [7, 11) is 0. The molecule has 8 nitrogen and oxygen atoms in total. The van der Waals surface area contributed by atoms with Crippen LogP contribution in [-0.2, 0) is 23.9 Å². The number of benzene rings is 1. The van der Waals surface area contributed by atoms with Gasteiger partial charge in [0.2, 0.25) is 11.8 Å². The molecule has 3 aliphatic rings. The van der Waals surface area contributed by atoms with Gasteiger partial charge in [-0.05, 0) is 37.7 Å². The van der Waals surface area contributed by atoms with Crippen LogP contribution in [0.5, 0.6) is 0 Å². The van der Waals surface area contributed by atoms with E-state index in [1.807, 2.05) is 44.2 Å². The van der Waals surface area contributed by atoms with Gasteiger partial charge in [0.15, 0.2) is 0 Å². The number of carbonyl (C=O) groups is 3. The number of carbonyl (C=O) groups excluding carboxylic acids is 3. The molecule has 3 fully saturated rings. The van der Waals surface area contributed by atoms with Crippen LogP contribution in [0.2, 0.25) is 0 Å². The van der Waals surface area contributed by atoms with E-state index in [9.17, 15) is 19.5 Å². The van der Waals surface area contributed by atoms with Gasteiger partial charge in [-0.1, -0.05) is 85.8 Å². The van der Waals surface area contributed by atoms with E-state index in [-0.39, 0.29) is 35.2 Å². The van der Waals surface area contributed by atoms with Gasteiger partial charge in [0.05, 0.1) is 30.6 Å². The van der Waals surface area contributed by atoms with Crippen molar-refractivity contribution in [2.24, 2.45) is 17.3 Å². The van der Waals surface area contributed by atoms with E-state index in [0.29, 0.717) is 18.4 Å². The second-order valence-corrected chi connectivity index (χ2v) is 14.4. The third-order valence-electron chi connectivity index (χ3n) is 8.54. The predicted molar refractivity (Wildman–Crippen MR) is 160 cm³/mol. The highest BCUT2D eigenvalue weighted by Gasteiger charge is 2.78. The molecule has 3 saturated heterocycles. The molecule has 2 bridgehead atoms. The lowest BCUT2D eigenvalue weighted by Crippen LogP contribution is -2.61. The minimum atomic E-state index is -1.27. The first-order valence-corrected chi connectivity index (χ1v) is 15.2. The van der Waals surface area contributed by atoms with E-state index >= 15 is 0 Å². The lowest BCUT2D eigenvalue weighted by molar-refractivity contribution is -0.157. The number of aliphatic hydroxyl groups excluding tert-OH is 1. The summed E-state index contributed by atoms with van der Waals surface area (Å²) in [6, 6.07) is 7.29. The van der Waals surface area contributed by atoms with E-state index in [1.165, 1.54) is 11.0 Å². The normalized spacial score (nSPS) is 29.7. The van der Waals surface area contributed by atoms with Gasteiger partial charge in [-0.2, -0.15) is 0 Å². The molecule has 1 aromatic carbocycles. The monoisotopic (exact) mass is 630 g/mol. The third-order valence-corrected chi connectivity index (χ3v) is 9.39. The van der Waals surface area contributed by atoms with Crippen LogP contribution >= 0.6 is 15.9 Å². The van der Waals surface area contributed by atoms with Crippen molar-refractivity contribution in [1.29, 1.82) is 0 Å². The topological polar surface area (TPSA) is 96.4 Å². The Morgan fingerprint density at radius 2 is 1.88 bits per heavy atom. The predicted octanol–water partition coefficient (Wildman–Crippen LogP) is 4.43. The molecule has 41 heavy (non-hydrogen) atoms. The molecule has 1 spiro atoms. The van der Waals surface area contributed by atoms with Crippen LogP contribution in [0, 0.1) is 17.3 Å². The van der Waals surface area contributed by atoms with Crippen LogP contribution < -0.4 is 0 Å². The minimum absolute atomic E-state index is 0.00632. The highest BCUT2D eigenvalue weighted by molar-refractivity contribution is 9.09. The average Bonchev–Trinajstić information content (AvgIpc) is 3.49. The fourth-order valence-electron chi connectivity index (χ4n) is 7.52. The molecule has 7 atom stereocenters. The van der Waals surface area contributed by atoms with Crippen molar-refractivity contribution in [2.45, 2.75) is 81.6 Å². The second-order valence-electron chi connectivity index (χ2n) is 13.2. The number of rotatable bonds is 11. The van der Waals surface area contributed by atoms with Crippen molar-refractivity contribution < 1.29 is 29.0 Å². The smallest absolute Gasteiger partial charge is 0.312 e. The van der Waals surface area contributed by atoms with E-state index < -0.39 is 53.7 Å². The van der Waals surface area contributed by atoms with E-state index in [0.717, 1.165) is 0 Å². The van der Waals surface area contributed by atoms with Crippen LogP contribution in [0.1, 0.15) is 59.1 Å². The molecular formula is C32H43BrN2O6. The molecule has 0 aliphatic carbocycles. The Bertz CT molecular complexity index is 1180. The van der Waals surface area contributed by atoms with E-state index in [2.05, 4.69) is 49.9 Å². The van der Waals surface area contributed by atoms with Gasteiger partial charge < -0.3 is 24.4 Å². The SMILES string of the molecule is C=CCOC(=O)[C@H]1[C@@H]2OC3(CC2Br)C(C(=O)N(CC=C)C(C)(C)CC(C)(C)C)N([C@H](CO)c2ccccc2)C(=O)[C@H]13. The number of likely N-dealkylation sites (tertiary alicyclic amines) is 1. The summed E-state index contributed by atoms with van der Waals surface area (Å²) in [5.74, 6) is -3.05. The van der Waals surface area contributed by atoms with E-state index in [4.69, 9.17) is 9.47 Å². The summed E-state index contributed by atoms with van der Waals surface area (Å²) in [5, 5.41) is 10.7. The summed E-state index contributed by atoms with van der Waals surface area (Å²) < 4.78 is 12.1. The Morgan fingerprint density at radius 1 is 1.22 bits per heavy atom. The molecule has 3 unspecified atom stereocenters. The molecule has 3 heterocycles. The number of hydrogen-bond donors (Lipinski definition) is 1. The van der Waals surface area contributed by atoms with Gasteiger partial charge in [-0.3, -0.25) is 14.4 Å². The van der Waals surface area contributed by atoms with Crippen molar-refractivity contribution in [3.8, 4) is 0 Å². The van der Waals surface area contributed by atoms with Crippen molar-refractivity contribution in [1.82, 2.24) is 9.80 Å². The van der Waals surface area contributed by atoms with Crippen LogP contribution in [0.3, 0.4) is 0 Å². The Hall–Kier alpha value is -2.49. The lowest BCUT2D eigenvalue weighted by Gasteiger charge is -2.46. The number of hydrogen-bond acceptors (Lipinski definition) is 6. The Labute approximate surface area is 251 Å². The summed E-state index contributed by atoms with van der Waals surface area (Å²) >= 11 is 3.69. The lowest BCUT2D eigenvalue weighted by atomic mass is 9.70. The summed E-state index contributed by atoms with van der Waals surface area (Å²) in [4.78, 5) is 45.8. The molecule has 1 aromatic rings. The summed E-state index contributed by atoms with van der Waals surface area (Å²) in [6.45, 7) is 17.8. The van der Waals surface area contributed by atoms with Crippen LogP contribution in [0.25, 0.3) is 0 Å². The first-order valence-electron chi connectivity index (χ1n) is 14.2. The van der Waals surface area contributed by atoms with Crippen molar-refractivity contribution in [3.63, 3.8) is 0 Å².